The number of hydrogen-bond acceptors (Lipinski definition) is 4. The molecule has 0 saturated heterocycles. The summed E-state index contributed by atoms with van der Waals surface area (Å²) in [6.07, 6.45) is 0.0430. The van der Waals surface area contributed by atoms with Gasteiger partial charge in [0.25, 0.3) is 5.91 Å². The van der Waals surface area contributed by atoms with Gasteiger partial charge in [-0.2, -0.15) is 0 Å². The molecule has 0 bridgehead atoms. The van der Waals surface area contributed by atoms with E-state index in [9.17, 15) is 14.4 Å². The summed E-state index contributed by atoms with van der Waals surface area (Å²) in [7, 11) is 0. The van der Waals surface area contributed by atoms with Gasteiger partial charge in [-0.05, 0) is 24.6 Å². The molecule has 0 aliphatic heterocycles. The number of nitrogens with one attached hydrogen (secondary N) is 3. The van der Waals surface area contributed by atoms with Crippen molar-refractivity contribution in [1.29, 1.82) is 0 Å². The number of para-hydroxylation sites is 1. The smallest absolute Gasteiger partial charge is 0.253 e. The Bertz CT molecular complexity index is 834. The highest BCUT2D eigenvalue weighted by atomic mass is 16.2. The van der Waals surface area contributed by atoms with Crippen LogP contribution in [0.1, 0.15) is 40.9 Å². The van der Waals surface area contributed by atoms with Crippen molar-refractivity contribution in [2.75, 3.05) is 18.4 Å². The van der Waals surface area contributed by atoms with E-state index in [1.807, 2.05) is 31.2 Å². The first-order valence-electron chi connectivity index (χ1n) is 9.11. The molecule has 2 rings (SSSR count). The zero-order valence-electron chi connectivity index (χ0n) is 16.1. The molecule has 2 aromatic carbocycles. The summed E-state index contributed by atoms with van der Waals surface area (Å²) in [4.78, 5) is 36.4. The largest absolute Gasteiger partial charge is 0.351 e. The molecule has 0 fully saturated rings. The first kappa shape index (κ1) is 21.1. The Hall–Kier alpha value is -3.19. The Morgan fingerprint density at radius 3 is 2.36 bits per heavy atom. The molecule has 0 aliphatic rings. The Morgan fingerprint density at radius 2 is 1.71 bits per heavy atom. The third-order valence-electron chi connectivity index (χ3n) is 4.12. The van der Waals surface area contributed by atoms with Crippen LogP contribution < -0.4 is 21.7 Å². The second-order valence-corrected chi connectivity index (χ2v) is 6.51. The van der Waals surface area contributed by atoms with Crippen LogP contribution in [0.4, 0.5) is 5.69 Å². The fraction of sp³-hybridized carbons (Fsp3) is 0.286. The van der Waals surface area contributed by atoms with Crippen LogP contribution >= 0.6 is 0 Å². The van der Waals surface area contributed by atoms with Crippen LogP contribution in [0.5, 0.6) is 0 Å². The van der Waals surface area contributed by atoms with Gasteiger partial charge in [0.1, 0.15) is 0 Å². The van der Waals surface area contributed by atoms with Gasteiger partial charge in [0.15, 0.2) is 0 Å². The molecule has 2 aromatic rings. The molecule has 7 heteroatoms. The van der Waals surface area contributed by atoms with E-state index in [2.05, 4.69) is 16.0 Å². The van der Waals surface area contributed by atoms with Gasteiger partial charge >= 0.3 is 0 Å². The molecule has 148 valence electrons. The predicted octanol–water partition coefficient (Wildman–Crippen LogP) is 1.89. The summed E-state index contributed by atoms with van der Waals surface area (Å²) in [6, 6.07) is 13.9. The lowest BCUT2D eigenvalue weighted by atomic mass is 10.0. The number of carbonyl (C=O) groups excluding carboxylic acids is 3. The van der Waals surface area contributed by atoms with Crippen LogP contribution in [-0.4, -0.2) is 30.8 Å². The van der Waals surface area contributed by atoms with Gasteiger partial charge in [-0.25, -0.2) is 0 Å². The average molecular weight is 382 g/mol. The first-order chi connectivity index (χ1) is 13.4. The maximum Gasteiger partial charge on any atom is 0.253 e. The van der Waals surface area contributed by atoms with Gasteiger partial charge in [-0.3, -0.25) is 14.4 Å². The topological polar surface area (TPSA) is 113 Å². The molecule has 0 aliphatic carbocycles. The van der Waals surface area contributed by atoms with Gasteiger partial charge in [-0.1, -0.05) is 42.0 Å². The highest BCUT2D eigenvalue weighted by Gasteiger charge is 2.19. The molecule has 0 saturated carbocycles. The number of anilines is 1. The van der Waals surface area contributed by atoms with Crippen molar-refractivity contribution in [3.8, 4) is 0 Å². The number of carbonyl (C=O) groups is 3. The van der Waals surface area contributed by atoms with Crippen LogP contribution in [0, 0.1) is 6.92 Å². The summed E-state index contributed by atoms with van der Waals surface area (Å²) in [5.41, 5.74) is 8.11. The summed E-state index contributed by atoms with van der Waals surface area (Å²) in [5, 5.41) is 8.26. The van der Waals surface area contributed by atoms with E-state index in [0.29, 0.717) is 24.3 Å². The molecular formula is C21H26N4O3. The van der Waals surface area contributed by atoms with E-state index in [0.717, 1.165) is 11.1 Å². The van der Waals surface area contributed by atoms with E-state index >= 15 is 0 Å². The second-order valence-electron chi connectivity index (χ2n) is 6.51. The van der Waals surface area contributed by atoms with Gasteiger partial charge < -0.3 is 21.7 Å². The number of aryl methyl sites for hydroxylation is 1. The number of hydrogen-bond donors (Lipinski definition) is 4. The molecule has 0 radical (unpaired) electrons. The monoisotopic (exact) mass is 382 g/mol. The fourth-order valence-electron chi connectivity index (χ4n) is 2.75. The summed E-state index contributed by atoms with van der Waals surface area (Å²) in [5.74, 6) is -0.836. The second kappa shape index (κ2) is 10.2. The Kier molecular flexibility index (Phi) is 7.71. The molecule has 0 aromatic heterocycles. The number of nitrogens with two attached hydrogens (primary N) is 1. The lowest BCUT2D eigenvalue weighted by Gasteiger charge is -2.19. The highest BCUT2D eigenvalue weighted by molar-refractivity contribution is 6.03. The van der Waals surface area contributed by atoms with Crippen LogP contribution in [-0.2, 0) is 9.59 Å². The van der Waals surface area contributed by atoms with Crippen molar-refractivity contribution in [3.63, 3.8) is 0 Å². The predicted molar refractivity (Wildman–Crippen MR) is 109 cm³/mol. The third kappa shape index (κ3) is 6.21. The Labute approximate surface area is 164 Å². The Morgan fingerprint density at radius 1 is 1.04 bits per heavy atom. The molecular weight excluding hydrogens is 356 g/mol. The molecule has 1 unspecified atom stereocenters. The first-order valence-corrected chi connectivity index (χ1v) is 9.11. The van der Waals surface area contributed by atoms with Crippen molar-refractivity contribution >= 4 is 23.4 Å². The molecule has 28 heavy (non-hydrogen) atoms. The minimum atomic E-state index is -0.462. The van der Waals surface area contributed by atoms with Gasteiger partial charge in [-0.15, -0.1) is 0 Å². The standard InChI is InChI=1S/C21H26N4O3/c1-14-7-9-16(10-8-14)19(24-15(2)26)13-20(27)25-18-6-4-3-5-17(18)21(28)23-12-11-22/h3-10,19H,11-13,22H2,1-2H3,(H,23,28)(H,24,26)(H,25,27). The van der Waals surface area contributed by atoms with Gasteiger partial charge in [0.2, 0.25) is 11.8 Å². The summed E-state index contributed by atoms with van der Waals surface area (Å²) < 4.78 is 0. The molecule has 0 spiro atoms. The highest BCUT2D eigenvalue weighted by Crippen LogP contribution is 2.20. The molecule has 1 atom stereocenters. The van der Waals surface area contributed by atoms with Crippen molar-refractivity contribution in [2.45, 2.75) is 26.3 Å². The van der Waals surface area contributed by atoms with Crippen molar-refractivity contribution in [3.05, 3.63) is 65.2 Å². The minimum absolute atomic E-state index is 0.0430. The van der Waals surface area contributed by atoms with Gasteiger partial charge in [0, 0.05) is 20.0 Å². The van der Waals surface area contributed by atoms with Crippen molar-refractivity contribution in [1.82, 2.24) is 10.6 Å². The minimum Gasteiger partial charge on any atom is -0.351 e. The van der Waals surface area contributed by atoms with E-state index in [1.54, 1.807) is 24.3 Å². The lowest BCUT2D eigenvalue weighted by molar-refractivity contribution is -0.120. The van der Waals surface area contributed by atoms with Crippen LogP contribution in [0.15, 0.2) is 48.5 Å². The van der Waals surface area contributed by atoms with E-state index < -0.39 is 6.04 Å². The maximum atomic E-state index is 12.6. The molecule has 0 heterocycles. The summed E-state index contributed by atoms with van der Waals surface area (Å²) >= 11 is 0. The van der Waals surface area contributed by atoms with E-state index in [-0.39, 0.29) is 24.1 Å². The third-order valence-corrected chi connectivity index (χ3v) is 4.12. The normalized spacial score (nSPS) is 11.4. The zero-order valence-corrected chi connectivity index (χ0v) is 16.1. The number of benzene rings is 2. The maximum absolute atomic E-state index is 12.6. The van der Waals surface area contributed by atoms with Crippen LogP contribution in [0.25, 0.3) is 0 Å². The number of amides is 3. The van der Waals surface area contributed by atoms with Crippen LogP contribution in [0.3, 0.4) is 0 Å². The average Bonchev–Trinajstić information content (AvgIpc) is 2.66. The van der Waals surface area contributed by atoms with Gasteiger partial charge in [0.05, 0.1) is 23.7 Å². The molecule has 7 nitrogen and oxygen atoms in total. The number of rotatable bonds is 8. The lowest BCUT2D eigenvalue weighted by Crippen LogP contribution is -2.31. The van der Waals surface area contributed by atoms with Crippen molar-refractivity contribution < 1.29 is 14.4 Å². The molecule has 3 amide bonds. The SMILES string of the molecule is CC(=O)NC(CC(=O)Nc1ccccc1C(=O)NCCN)c1ccc(C)cc1. The van der Waals surface area contributed by atoms with E-state index in [4.69, 9.17) is 5.73 Å². The fourth-order valence-corrected chi connectivity index (χ4v) is 2.75. The molecule has 5 N–H and O–H groups in total. The zero-order chi connectivity index (χ0) is 20.5. The van der Waals surface area contributed by atoms with E-state index in [1.165, 1.54) is 6.92 Å². The summed E-state index contributed by atoms with van der Waals surface area (Å²) in [6.45, 7) is 4.06. The Balaban J connectivity index is 2.13. The van der Waals surface area contributed by atoms with Crippen LogP contribution in [0.2, 0.25) is 0 Å². The van der Waals surface area contributed by atoms with Crippen molar-refractivity contribution in [2.24, 2.45) is 5.73 Å². The quantitative estimate of drug-likeness (QED) is 0.558.